The molecule has 5 nitrogen and oxygen atoms in total. The number of aryl methyl sites for hydroxylation is 2. The molecule has 1 saturated carbocycles. The maximum Gasteiger partial charge on any atom is 0.191 e. The molecule has 0 unspecified atom stereocenters. The summed E-state index contributed by atoms with van der Waals surface area (Å²) in [5.41, 5.74) is 2.23. The fourth-order valence-electron chi connectivity index (χ4n) is 2.25. The van der Waals surface area contributed by atoms with Crippen LogP contribution in [0, 0.1) is 0 Å². The Morgan fingerprint density at radius 1 is 1.37 bits per heavy atom. The van der Waals surface area contributed by atoms with Gasteiger partial charge in [0.25, 0.3) is 0 Å². The maximum absolute atomic E-state index is 5.36. The molecule has 0 aromatic carbocycles. The number of rotatable bonds is 5. The molecule has 5 heteroatoms. The molecular weight excluding hydrogens is 240 g/mol. The van der Waals surface area contributed by atoms with Crippen molar-refractivity contribution in [1.29, 1.82) is 0 Å². The Morgan fingerprint density at radius 2 is 2.16 bits per heavy atom. The van der Waals surface area contributed by atoms with Gasteiger partial charge >= 0.3 is 0 Å². The van der Waals surface area contributed by atoms with E-state index in [4.69, 9.17) is 4.52 Å². The van der Waals surface area contributed by atoms with Crippen LogP contribution in [-0.4, -0.2) is 24.2 Å². The third-order valence-corrected chi connectivity index (χ3v) is 3.71. The van der Waals surface area contributed by atoms with Gasteiger partial charge in [0.1, 0.15) is 5.76 Å². The van der Waals surface area contributed by atoms with E-state index in [1.807, 2.05) is 7.05 Å². The number of nitrogens with one attached hydrogen (secondary N) is 2. The van der Waals surface area contributed by atoms with Crippen LogP contribution in [0.1, 0.15) is 50.1 Å². The van der Waals surface area contributed by atoms with Crippen LogP contribution in [0.15, 0.2) is 9.52 Å². The first-order chi connectivity index (χ1) is 9.28. The van der Waals surface area contributed by atoms with Crippen molar-refractivity contribution in [3.05, 3.63) is 17.0 Å². The van der Waals surface area contributed by atoms with E-state index in [0.717, 1.165) is 36.8 Å². The van der Waals surface area contributed by atoms with Crippen LogP contribution < -0.4 is 10.6 Å². The van der Waals surface area contributed by atoms with Gasteiger partial charge in [-0.1, -0.05) is 19.0 Å². The quantitative estimate of drug-likeness (QED) is 0.631. The molecule has 1 aliphatic rings. The first-order valence-electron chi connectivity index (χ1n) is 7.21. The summed E-state index contributed by atoms with van der Waals surface area (Å²) in [6.07, 6.45) is 5.58. The molecule has 19 heavy (non-hydrogen) atoms. The smallest absolute Gasteiger partial charge is 0.191 e. The van der Waals surface area contributed by atoms with E-state index in [2.05, 4.69) is 34.6 Å². The van der Waals surface area contributed by atoms with Crippen LogP contribution in [0.25, 0.3) is 0 Å². The highest BCUT2D eigenvalue weighted by atomic mass is 16.5. The average Bonchev–Trinajstić information content (AvgIpc) is 2.79. The van der Waals surface area contributed by atoms with Crippen molar-refractivity contribution in [2.75, 3.05) is 7.05 Å². The molecule has 0 amide bonds. The largest absolute Gasteiger partial charge is 0.361 e. The lowest BCUT2D eigenvalue weighted by atomic mass is 9.93. The van der Waals surface area contributed by atoms with E-state index in [1.54, 1.807) is 0 Å². The molecule has 1 heterocycles. The molecule has 0 bridgehead atoms. The molecule has 1 aromatic rings. The highest BCUT2D eigenvalue weighted by Crippen LogP contribution is 2.18. The molecule has 0 atom stereocenters. The summed E-state index contributed by atoms with van der Waals surface area (Å²) in [6.45, 7) is 4.91. The van der Waals surface area contributed by atoms with E-state index >= 15 is 0 Å². The summed E-state index contributed by atoms with van der Waals surface area (Å²) in [5, 5.41) is 10.9. The first-order valence-corrected chi connectivity index (χ1v) is 7.21. The van der Waals surface area contributed by atoms with Crippen molar-refractivity contribution in [2.24, 2.45) is 4.99 Å². The van der Waals surface area contributed by atoms with Crippen molar-refractivity contribution in [3.8, 4) is 0 Å². The molecule has 1 fully saturated rings. The number of hydrogen-bond acceptors (Lipinski definition) is 3. The standard InChI is InChI=1S/C14H24N4O/c1-4-12-11(13(5-2)19-18-12)9-16-14(15-3)17-10-7-6-8-10/h10H,4-9H2,1-3H3,(H2,15,16,17). The summed E-state index contributed by atoms with van der Waals surface area (Å²) >= 11 is 0. The van der Waals surface area contributed by atoms with Gasteiger partial charge in [-0.3, -0.25) is 4.99 Å². The highest BCUT2D eigenvalue weighted by molar-refractivity contribution is 5.80. The first kappa shape index (κ1) is 13.9. The lowest BCUT2D eigenvalue weighted by Crippen LogP contribution is -2.46. The number of aliphatic imine (C=N–C) groups is 1. The highest BCUT2D eigenvalue weighted by Gasteiger charge is 2.19. The van der Waals surface area contributed by atoms with Gasteiger partial charge in [-0.2, -0.15) is 0 Å². The maximum atomic E-state index is 5.36. The van der Waals surface area contributed by atoms with E-state index in [9.17, 15) is 0 Å². The van der Waals surface area contributed by atoms with Crippen LogP contribution in [0.4, 0.5) is 0 Å². The lowest BCUT2D eigenvalue weighted by molar-refractivity contribution is 0.378. The summed E-state index contributed by atoms with van der Waals surface area (Å²) in [6, 6.07) is 0.588. The summed E-state index contributed by atoms with van der Waals surface area (Å²) in [7, 11) is 1.81. The normalized spacial score (nSPS) is 16.3. The molecule has 0 aliphatic heterocycles. The molecule has 106 valence electrons. The molecule has 0 radical (unpaired) electrons. The number of guanidine groups is 1. The van der Waals surface area contributed by atoms with Crippen molar-refractivity contribution < 1.29 is 4.52 Å². The number of nitrogens with zero attached hydrogens (tertiary/aromatic N) is 2. The predicted molar refractivity (Wildman–Crippen MR) is 76.2 cm³/mol. The zero-order chi connectivity index (χ0) is 13.7. The van der Waals surface area contributed by atoms with Gasteiger partial charge in [-0.15, -0.1) is 0 Å². The summed E-state index contributed by atoms with van der Waals surface area (Å²) in [5.74, 6) is 1.85. The fraction of sp³-hybridized carbons (Fsp3) is 0.714. The van der Waals surface area contributed by atoms with Crippen LogP contribution in [0.3, 0.4) is 0 Å². The molecule has 2 rings (SSSR count). The second-order valence-electron chi connectivity index (χ2n) is 4.94. The van der Waals surface area contributed by atoms with Crippen molar-refractivity contribution >= 4 is 5.96 Å². The van der Waals surface area contributed by atoms with E-state index in [1.165, 1.54) is 24.8 Å². The Balaban J connectivity index is 1.94. The molecule has 2 N–H and O–H groups in total. The summed E-state index contributed by atoms with van der Waals surface area (Å²) in [4.78, 5) is 4.26. The Bertz CT molecular complexity index is 413. The Morgan fingerprint density at radius 3 is 2.68 bits per heavy atom. The van der Waals surface area contributed by atoms with Gasteiger partial charge in [0.05, 0.1) is 5.69 Å². The molecular formula is C14H24N4O. The second-order valence-corrected chi connectivity index (χ2v) is 4.94. The Labute approximate surface area is 114 Å². The molecule has 1 aromatic heterocycles. The van der Waals surface area contributed by atoms with Gasteiger partial charge in [0.15, 0.2) is 5.96 Å². The topological polar surface area (TPSA) is 62.5 Å². The second kappa shape index (κ2) is 6.59. The van der Waals surface area contributed by atoms with Gasteiger partial charge < -0.3 is 15.2 Å². The van der Waals surface area contributed by atoms with E-state index in [0.29, 0.717) is 6.04 Å². The van der Waals surface area contributed by atoms with Gasteiger partial charge in [-0.25, -0.2) is 0 Å². The predicted octanol–water partition coefficient (Wildman–Crippen LogP) is 2.02. The number of hydrogen-bond donors (Lipinski definition) is 2. The SMILES string of the molecule is CCc1noc(CC)c1CNC(=NC)NC1CCC1. The third-order valence-electron chi connectivity index (χ3n) is 3.71. The Hall–Kier alpha value is -1.52. The summed E-state index contributed by atoms with van der Waals surface area (Å²) < 4.78 is 5.36. The van der Waals surface area contributed by atoms with Crippen LogP contribution in [-0.2, 0) is 19.4 Å². The molecule has 0 spiro atoms. The fourth-order valence-corrected chi connectivity index (χ4v) is 2.25. The van der Waals surface area contributed by atoms with Crippen molar-refractivity contribution in [3.63, 3.8) is 0 Å². The van der Waals surface area contributed by atoms with E-state index < -0.39 is 0 Å². The number of aromatic nitrogens is 1. The minimum Gasteiger partial charge on any atom is -0.361 e. The van der Waals surface area contributed by atoms with Crippen molar-refractivity contribution in [1.82, 2.24) is 15.8 Å². The zero-order valence-electron chi connectivity index (χ0n) is 12.1. The van der Waals surface area contributed by atoms with Crippen LogP contribution >= 0.6 is 0 Å². The molecule has 0 saturated heterocycles. The minimum absolute atomic E-state index is 0.588. The monoisotopic (exact) mass is 264 g/mol. The third kappa shape index (κ3) is 3.28. The van der Waals surface area contributed by atoms with Gasteiger partial charge in [0.2, 0.25) is 0 Å². The van der Waals surface area contributed by atoms with Crippen LogP contribution in [0.2, 0.25) is 0 Å². The van der Waals surface area contributed by atoms with Gasteiger partial charge in [0, 0.05) is 31.6 Å². The Kier molecular flexibility index (Phi) is 4.82. The zero-order valence-corrected chi connectivity index (χ0v) is 12.1. The molecule has 1 aliphatic carbocycles. The van der Waals surface area contributed by atoms with Crippen molar-refractivity contribution in [2.45, 2.75) is 58.5 Å². The van der Waals surface area contributed by atoms with Crippen LogP contribution in [0.5, 0.6) is 0 Å². The van der Waals surface area contributed by atoms with E-state index in [-0.39, 0.29) is 0 Å². The average molecular weight is 264 g/mol. The lowest BCUT2D eigenvalue weighted by Gasteiger charge is -2.28. The minimum atomic E-state index is 0.588. The van der Waals surface area contributed by atoms with Gasteiger partial charge in [-0.05, 0) is 25.7 Å².